The molecule has 0 amide bonds. The molecule has 37 heavy (non-hydrogen) atoms. The van der Waals surface area contributed by atoms with E-state index in [4.69, 9.17) is 17.0 Å². The molecule has 0 aliphatic carbocycles. The van der Waals surface area contributed by atoms with Crippen molar-refractivity contribution >= 4 is 79.7 Å². The van der Waals surface area contributed by atoms with Crippen molar-refractivity contribution in [3.05, 3.63) is 130 Å². The molecule has 0 saturated heterocycles. The summed E-state index contributed by atoms with van der Waals surface area (Å²) in [5.41, 5.74) is 5.10. The number of hydrogen-bond acceptors (Lipinski definition) is 0. The maximum atomic E-state index is 4.93. The zero-order valence-electron chi connectivity index (χ0n) is 20.1. The van der Waals surface area contributed by atoms with Crippen LogP contribution in [0.1, 0.15) is 0 Å². The molecule has 0 aliphatic rings. The number of halogens is 4. The second kappa shape index (κ2) is 16.1. The van der Waals surface area contributed by atoms with Gasteiger partial charge < -0.3 is 0 Å². The van der Waals surface area contributed by atoms with E-state index in [1.165, 1.54) is 43.8 Å². The molecule has 6 heteroatoms. The van der Waals surface area contributed by atoms with Gasteiger partial charge in [-0.25, -0.2) is 0 Å². The zero-order chi connectivity index (χ0) is 26.6. The Kier molecular flexibility index (Phi) is 13.3. The van der Waals surface area contributed by atoms with Crippen LogP contribution in [0.3, 0.4) is 0 Å². The second-order valence-electron chi connectivity index (χ2n) is 7.83. The topological polar surface area (TPSA) is 0 Å². The van der Waals surface area contributed by atoms with Crippen LogP contribution in [0.5, 0.6) is 0 Å². The van der Waals surface area contributed by atoms with Gasteiger partial charge in [-0.15, -0.1) is 78.3 Å². The van der Waals surface area contributed by atoms with E-state index in [0.29, 0.717) is 0 Å². The predicted molar refractivity (Wildman–Crippen MR) is 173 cm³/mol. The van der Waals surface area contributed by atoms with Crippen molar-refractivity contribution < 1.29 is 20.8 Å². The van der Waals surface area contributed by atoms with Gasteiger partial charge in [0.15, 0.2) is 0 Å². The molecule has 186 valence electrons. The SMILES string of the molecule is Brc1ccc(-c2cc3ccccc3[cH-]2)cc1.Brc1ccc(-c2cc3ccccc3[cH-]2)cc1.CP.[Cl][Zr+2][Cl]. The molecule has 0 bridgehead atoms. The van der Waals surface area contributed by atoms with Gasteiger partial charge in [-0.3, -0.25) is 0 Å². The molecule has 0 N–H and O–H groups in total. The summed E-state index contributed by atoms with van der Waals surface area (Å²) in [5.74, 6) is 0. The van der Waals surface area contributed by atoms with Gasteiger partial charge in [0.25, 0.3) is 0 Å². The first-order chi connectivity index (χ1) is 18.1. The number of benzene rings is 4. The molecule has 0 radical (unpaired) electrons. The van der Waals surface area contributed by atoms with E-state index in [1.807, 2.05) is 6.66 Å². The molecule has 0 spiro atoms. The van der Waals surface area contributed by atoms with Crippen LogP contribution in [0.2, 0.25) is 0 Å². The molecule has 1 atom stereocenters. The molecular weight excluding hydrogens is 725 g/mol. The van der Waals surface area contributed by atoms with Gasteiger partial charge in [0.1, 0.15) is 0 Å². The van der Waals surface area contributed by atoms with Gasteiger partial charge in [-0.2, -0.15) is 0 Å². The van der Waals surface area contributed by atoms with Crippen LogP contribution in [0, 0.1) is 0 Å². The molecular formula is C31H25Br2Cl2PZr. The van der Waals surface area contributed by atoms with Crippen molar-refractivity contribution in [1.82, 2.24) is 0 Å². The normalized spacial score (nSPS) is 9.78. The van der Waals surface area contributed by atoms with Crippen LogP contribution in [-0.2, 0) is 20.8 Å². The summed E-state index contributed by atoms with van der Waals surface area (Å²) < 4.78 is 2.24. The molecule has 6 aromatic carbocycles. The van der Waals surface area contributed by atoms with Crippen molar-refractivity contribution in [2.45, 2.75) is 0 Å². The Hall–Kier alpha value is -1.05. The minimum atomic E-state index is -0.826. The first-order valence-electron chi connectivity index (χ1n) is 11.4. The van der Waals surface area contributed by atoms with Gasteiger partial charge in [0, 0.05) is 8.95 Å². The van der Waals surface area contributed by atoms with Crippen LogP contribution < -0.4 is 0 Å². The summed E-state index contributed by atoms with van der Waals surface area (Å²) in [6.45, 7) is 1.92. The Bertz CT molecular complexity index is 1320. The van der Waals surface area contributed by atoms with Crippen LogP contribution in [0.4, 0.5) is 0 Å². The third-order valence-corrected chi connectivity index (χ3v) is 6.65. The first-order valence-corrected chi connectivity index (χ1v) is 20.5. The third-order valence-electron chi connectivity index (χ3n) is 5.59. The van der Waals surface area contributed by atoms with Crippen LogP contribution >= 0.6 is 58.1 Å². The Balaban J connectivity index is 0.000000176. The zero-order valence-corrected chi connectivity index (χ0v) is 28.4. The van der Waals surface area contributed by atoms with Crippen molar-refractivity contribution in [2.75, 3.05) is 6.66 Å². The Morgan fingerprint density at radius 2 is 0.892 bits per heavy atom. The van der Waals surface area contributed by atoms with Gasteiger partial charge in [-0.05, 0) is 0 Å². The molecule has 0 fully saturated rings. The summed E-state index contributed by atoms with van der Waals surface area (Å²) in [5, 5.41) is 5.22. The summed E-state index contributed by atoms with van der Waals surface area (Å²) >= 11 is 6.08. The van der Waals surface area contributed by atoms with Crippen molar-refractivity contribution in [3.63, 3.8) is 0 Å². The molecule has 0 aromatic heterocycles. The van der Waals surface area contributed by atoms with E-state index >= 15 is 0 Å². The van der Waals surface area contributed by atoms with Crippen LogP contribution in [0.15, 0.2) is 130 Å². The molecule has 0 saturated carbocycles. The second-order valence-corrected chi connectivity index (χ2v) is 13.4. The van der Waals surface area contributed by atoms with E-state index in [0.717, 1.165) is 8.95 Å². The Labute approximate surface area is 257 Å². The summed E-state index contributed by atoms with van der Waals surface area (Å²) in [6, 6.07) is 42.7. The summed E-state index contributed by atoms with van der Waals surface area (Å²) in [7, 11) is 12.3. The molecule has 1 unspecified atom stereocenters. The predicted octanol–water partition coefficient (Wildman–Crippen LogP) is 11.8. The van der Waals surface area contributed by atoms with E-state index in [1.54, 1.807) is 0 Å². The van der Waals surface area contributed by atoms with E-state index in [2.05, 4.69) is 162 Å². The molecule has 6 rings (SSSR count). The molecule has 6 aromatic rings. The number of hydrogen-bond donors (Lipinski definition) is 0. The number of rotatable bonds is 2. The number of fused-ring (bicyclic) bond motifs is 2. The fourth-order valence-corrected chi connectivity index (χ4v) is 4.45. The average molecular weight is 750 g/mol. The van der Waals surface area contributed by atoms with E-state index in [9.17, 15) is 0 Å². The van der Waals surface area contributed by atoms with E-state index < -0.39 is 20.8 Å². The van der Waals surface area contributed by atoms with Crippen LogP contribution in [-0.4, -0.2) is 6.66 Å². The van der Waals surface area contributed by atoms with E-state index in [-0.39, 0.29) is 0 Å². The quantitative estimate of drug-likeness (QED) is 0.122. The van der Waals surface area contributed by atoms with Gasteiger partial charge in [0.05, 0.1) is 0 Å². The van der Waals surface area contributed by atoms with Crippen molar-refractivity contribution in [3.8, 4) is 22.3 Å². The van der Waals surface area contributed by atoms with Crippen molar-refractivity contribution in [1.29, 1.82) is 0 Å². The monoisotopic (exact) mass is 746 g/mol. The maximum absolute atomic E-state index is 4.93. The van der Waals surface area contributed by atoms with Gasteiger partial charge in [-0.1, -0.05) is 135 Å². The summed E-state index contributed by atoms with van der Waals surface area (Å²) in [4.78, 5) is 0. The summed E-state index contributed by atoms with van der Waals surface area (Å²) in [6.07, 6.45) is 0. The standard InChI is InChI=1S/2C15H10Br.CH5P.2ClH.Zr/c2*16-15-7-5-11(6-8-15)14-9-12-3-1-2-4-13(12)10-14;1-2;;;/h2*1-10H;2H2,1H3;2*1H;/q2*-1;;;;+4/p-2. The fourth-order valence-electron chi connectivity index (χ4n) is 3.92. The van der Waals surface area contributed by atoms with Crippen LogP contribution in [0.25, 0.3) is 43.8 Å². The van der Waals surface area contributed by atoms with Gasteiger partial charge >= 0.3 is 37.9 Å². The molecule has 0 heterocycles. The molecule has 0 nitrogen and oxygen atoms in total. The average Bonchev–Trinajstić information content (AvgIpc) is 3.56. The Morgan fingerprint density at radius 1 is 0.568 bits per heavy atom. The fraction of sp³-hybridized carbons (Fsp3) is 0.0323. The Morgan fingerprint density at radius 3 is 1.22 bits per heavy atom. The van der Waals surface area contributed by atoms with Gasteiger partial charge in [0.2, 0.25) is 0 Å². The molecule has 0 aliphatic heterocycles. The minimum absolute atomic E-state index is 0.826. The third kappa shape index (κ3) is 9.00. The first kappa shape index (κ1) is 30.5. The van der Waals surface area contributed by atoms with Crippen molar-refractivity contribution in [2.24, 2.45) is 0 Å².